The number of nitrogens with zero attached hydrogens (tertiary/aromatic N) is 1. The molecular formula is C19H21ClN2O3S. The molecular weight excluding hydrogens is 372 g/mol. The Balaban J connectivity index is 2.11. The first-order valence-electron chi connectivity index (χ1n) is 8.08. The van der Waals surface area contributed by atoms with Gasteiger partial charge in [0.25, 0.3) is 0 Å². The summed E-state index contributed by atoms with van der Waals surface area (Å²) in [6, 6.07) is 12.9. The van der Waals surface area contributed by atoms with Crippen LogP contribution in [0.1, 0.15) is 32.8 Å². The Bertz CT molecular complexity index is 911. The quantitative estimate of drug-likeness (QED) is 0.771. The number of rotatable bonds is 6. The number of nitrogens with one attached hydrogen (secondary N) is 1. The van der Waals surface area contributed by atoms with E-state index in [-0.39, 0.29) is 15.9 Å². The molecule has 0 radical (unpaired) electrons. The van der Waals surface area contributed by atoms with Crippen LogP contribution < -0.4 is 9.46 Å². The SMILES string of the molecule is CC(C)(C)CCNS(=O)(=O)c1ccc(Oc2cccc(Cl)c2C#N)cc1. The molecule has 0 aliphatic rings. The molecule has 7 heteroatoms. The van der Waals surface area contributed by atoms with Crippen LogP contribution in [-0.2, 0) is 10.0 Å². The van der Waals surface area contributed by atoms with Crippen molar-refractivity contribution < 1.29 is 13.2 Å². The van der Waals surface area contributed by atoms with Crippen molar-refractivity contribution in [1.82, 2.24) is 4.72 Å². The normalized spacial score (nSPS) is 11.8. The van der Waals surface area contributed by atoms with Crippen LogP contribution in [0.5, 0.6) is 11.5 Å². The Morgan fingerprint density at radius 1 is 1.15 bits per heavy atom. The molecule has 0 spiro atoms. The van der Waals surface area contributed by atoms with E-state index in [4.69, 9.17) is 21.6 Å². The van der Waals surface area contributed by atoms with Gasteiger partial charge in [-0.05, 0) is 48.2 Å². The largest absolute Gasteiger partial charge is 0.456 e. The molecule has 0 amide bonds. The molecule has 0 fully saturated rings. The van der Waals surface area contributed by atoms with Crippen molar-refractivity contribution in [2.24, 2.45) is 5.41 Å². The van der Waals surface area contributed by atoms with Gasteiger partial charge in [-0.15, -0.1) is 0 Å². The smallest absolute Gasteiger partial charge is 0.240 e. The van der Waals surface area contributed by atoms with E-state index in [1.165, 1.54) is 12.1 Å². The lowest BCUT2D eigenvalue weighted by atomic mass is 9.93. The van der Waals surface area contributed by atoms with Gasteiger partial charge in [0.1, 0.15) is 23.1 Å². The van der Waals surface area contributed by atoms with E-state index in [0.29, 0.717) is 23.1 Å². The van der Waals surface area contributed by atoms with Gasteiger partial charge < -0.3 is 4.74 Å². The maximum atomic E-state index is 12.3. The number of benzene rings is 2. The van der Waals surface area contributed by atoms with Gasteiger partial charge in [0, 0.05) is 6.54 Å². The molecule has 1 N–H and O–H groups in total. The lowest BCUT2D eigenvalue weighted by Gasteiger charge is -2.18. The summed E-state index contributed by atoms with van der Waals surface area (Å²) in [5.74, 6) is 0.733. The first-order valence-corrected chi connectivity index (χ1v) is 9.95. The molecule has 0 atom stereocenters. The number of nitriles is 1. The van der Waals surface area contributed by atoms with E-state index in [1.807, 2.05) is 6.07 Å². The maximum absolute atomic E-state index is 12.3. The summed E-state index contributed by atoms with van der Waals surface area (Å²) in [5, 5.41) is 9.46. The molecule has 2 rings (SSSR count). The standard InChI is InChI=1S/C19H21ClN2O3S/c1-19(2,3)11-12-22-26(23,24)15-9-7-14(8-10-15)25-18-6-4-5-17(20)16(18)13-21/h4-10,22H,11-12H2,1-3H3. The summed E-state index contributed by atoms with van der Waals surface area (Å²) in [6.07, 6.45) is 0.735. The zero-order chi connectivity index (χ0) is 19.4. The van der Waals surface area contributed by atoms with Crippen LogP contribution in [0.3, 0.4) is 0 Å². The Kier molecular flexibility index (Phi) is 6.30. The first-order chi connectivity index (χ1) is 12.1. The second-order valence-corrected chi connectivity index (χ2v) is 9.18. The molecule has 2 aromatic carbocycles. The third kappa shape index (κ3) is 5.46. The van der Waals surface area contributed by atoms with E-state index < -0.39 is 10.0 Å². The lowest BCUT2D eigenvalue weighted by Crippen LogP contribution is -2.27. The van der Waals surface area contributed by atoms with E-state index in [2.05, 4.69) is 25.5 Å². The van der Waals surface area contributed by atoms with Gasteiger partial charge in [-0.25, -0.2) is 13.1 Å². The topological polar surface area (TPSA) is 79.2 Å². The molecule has 5 nitrogen and oxygen atoms in total. The molecule has 2 aromatic rings. The third-order valence-electron chi connectivity index (χ3n) is 3.62. The number of halogens is 1. The van der Waals surface area contributed by atoms with Crippen molar-refractivity contribution >= 4 is 21.6 Å². The van der Waals surface area contributed by atoms with E-state index >= 15 is 0 Å². The molecule has 0 aromatic heterocycles. The first kappa shape index (κ1) is 20.2. The highest BCUT2D eigenvalue weighted by Crippen LogP contribution is 2.30. The van der Waals surface area contributed by atoms with Gasteiger partial charge in [0.2, 0.25) is 10.0 Å². The Hall–Kier alpha value is -2.07. The summed E-state index contributed by atoms with van der Waals surface area (Å²) < 4.78 is 32.9. The maximum Gasteiger partial charge on any atom is 0.240 e. The Morgan fingerprint density at radius 3 is 2.38 bits per heavy atom. The number of hydrogen-bond acceptors (Lipinski definition) is 4. The molecule has 0 bridgehead atoms. The van der Waals surface area contributed by atoms with Crippen molar-refractivity contribution in [1.29, 1.82) is 5.26 Å². The van der Waals surface area contributed by atoms with Crippen molar-refractivity contribution in [2.75, 3.05) is 6.54 Å². The number of sulfonamides is 1. The summed E-state index contributed by atoms with van der Waals surface area (Å²) in [7, 11) is -3.57. The summed E-state index contributed by atoms with van der Waals surface area (Å²) in [6.45, 7) is 6.54. The fraction of sp³-hybridized carbons (Fsp3) is 0.316. The van der Waals surface area contributed by atoms with Crippen LogP contribution in [0.15, 0.2) is 47.4 Å². The highest BCUT2D eigenvalue weighted by Gasteiger charge is 2.16. The number of hydrogen-bond donors (Lipinski definition) is 1. The van der Waals surface area contributed by atoms with Crippen LogP contribution >= 0.6 is 11.6 Å². The monoisotopic (exact) mass is 392 g/mol. The van der Waals surface area contributed by atoms with Gasteiger partial charge in [-0.1, -0.05) is 38.4 Å². The van der Waals surface area contributed by atoms with Crippen LogP contribution in [0.25, 0.3) is 0 Å². The molecule has 0 saturated carbocycles. The highest BCUT2D eigenvalue weighted by molar-refractivity contribution is 7.89. The van der Waals surface area contributed by atoms with Crippen LogP contribution in [0.2, 0.25) is 5.02 Å². The predicted molar refractivity (Wildman–Crippen MR) is 102 cm³/mol. The molecule has 0 unspecified atom stereocenters. The van der Waals surface area contributed by atoms with Crippen LogP contribution in [0.4, 0.5) is 0 Å². The van der Waals surface area contributed by atoms with Crippen molar-refractivity contribution in [3.63, 3.8) is 0 Å². The van der Waals surface area contributed by atoms with Crippen LogP contribution in [-0.4, -0.2) is 15.0 Å². The highest BCUT2D eigenvalue weighted by atomic mass is 35.5. The van der Waals surface area contributed by atoms with Crippen molar-refractivity contribution in [2.45, 2.75) is 32.1 Å². The Morgan fingerprint density at radius 2 is 1.81 bits per heavy atom. The van der Waals surface area contributed by atoms with E-state index in [0.717, 1.165) is 6.42 Å². The fourth-order valence-corrected chi connectivity index (χ4v) is 3.40. The van der Waals surface area contributed by atoms with Crippen LogP contribution in [0, 0.1) is 16.7 Å². The minimum absolute atomic E-state index is 0.0512. The van der Waals surface area contributed by atoms with Gasteiger partial charge in [0.05, 0.1) is 9.92 Å². The molecule has 0 saturated heterocycles. The zero-order valence-electron chi connectivity index (χ0n) is 14.9. The van der Waals surface area contributed by atoms with Gasteiger partial charge in [0.15, 0.2) is 0 Å². The Labute approximate surface area is 159 Å². The molecule has 26 heavy (non-hydrogen) atoms. The molecule has 0 aliphatic carbocycles. The second-order valence-electron chi connectivity index (χ2n) is 7.01. The fourth-order valence-electron chi connectivity index (χ4n) is 2.16. The minimum atomic E-state index is -3.57. The van der Waals surface area contributed by atoms with Gasteiger partial charge >= 0.3 is 0 Å². The summed E-state index contributed by atoms with van der Waals surface area (Å²) >= 11 is 5.97. The van der Waals surface area contributed by atoms with Gasteiger partial charge in [-0.2, -0.15) is 5.26 Å². The molecule has 0 heterocycles. The predicted octanol–water partition coefficient (Wildman–Crippen LogP) is 4.72. The minimum Gasteiger partial charge on any atom is -0.456 e. The molecule has 0 aliphatic heterocycles. The zero-order valence-corrected chi connectivity index (χ0v) is 16.5. The third-order valence-corrected chi connectivity index (χ3v) is 5.41. The molecule has 138 valence electrons. The average molecular weight is 393 g/mol. The summed E-state index contributed by atoms with van der Waals surface area (Å²) in [5.41, 5.74) is 0.282. The average Bonchev–Trinajstić information content (AvgIpc) is 2.54. The summed E-state index contributed by atoms with van der Waals surface area (Å²) in [4.78, 5) is 0.158. The lowest BCUT2D eigenvalue weighted by molar-refractivity contribution is 0.378. The number of ether oxygens (including phenoxy) is 1. The van der Waals surface area contributed by atoms with E-state index in [1.54, 1.807) is 30.3 Å². The van der Waals surface area contributed by atoms with E-state index in [9.17, 15) is 8.42 Å². The van der Waals surface area contributed by atoms with Crippen molar-refractivity contribution in [3.8, 4) is 17.6 Å². The van der Waals surface area contributed by atoms with Crippen molar-refractivity contribution in [3.05, 3.63) is 53.1 Å². The second kappa shape index (κ2) is 8.09. The van der Waals surface area contributed by atoms with Gasteiger partial charge in [-0.3, -0.25) is 0 Å².